The zero-order chi connectivity index (χ0) is 12.3. The Kier molecular flexibility index (Phi) is 3.18. The number of anilines is 2. The SMILES string of the molecule is COc1ccc(N)c(CNc2ccn(C)n2)c1. The molecule has 90 valence electrons. The molecule has 1 aromatic carbocycles. The molecule has 0 aliphatic heterocycles. The number of nitrogens with zero attached hydrogens (tertiary/aromatic N) is 2. The molecule has 0 unspecified atom stereocenters. The van der Waals surface area contributed by atoms with Gasteiger partial charge in [0.2, 0.25) is 0 Å². The van der Waals surface area contributed by atoms with Crippen molar-refractivity contribution in [3.05, 3.63) is 36.0 Å². The zero-order valence-electron chi connectivity index (χ0n) is 9.97. The number of benzene rings is 1. The summed E-state index contributed by atoms with van der Waals surface area (Å²) in [6.45, 7) is 0.625. The van der Waals surface area contributed by atoms with Crippen molar-refractivity contribution in [2.24, 2.45) is 7.05 Å². The number of aromatic nitrogens is 2. The number of hydrogen-bond donors (Lipinski definition) is 2. The number of nitrogen functional groups attached to an aromatic ring is 1. The standard InChI is InChI=1S/C12H16N4O/c1-16-6-5-12(15-16)14-8-9-7-10(17-2)3-4-11(9)13/h3-7H,8,13H2,1-2H3,(H,14,15). The van der Waals surface area contributed by atoms with Crippen molar-refractivity contribution in [2.45, 2.75) is 6.54 Å². The van der Waals surface area contributed by atoms with E-state index in [1.807, 2.05) is 37.5 Å². The first kappa shape index (κ1) is 11.3. The Morgan fingerprint density at radius 3 is 2.88 bits per heavy atom. The highest BCUT2D eigenvalue weighted by Crippen LogP contribution is 2.20. The number of hydrogen-bond acceptors (Lipinski definition) is 4. The molecule has 0 saturated heterocycles. The van der Waals surface area contributed by atoms with Gasteiger partial charge in [-0.2, -0.15) is 5.10 Å². The Bertz CT molecular complexity index is 507. The smallest absolute Gasteiger partial charge is 0.148 e. The van der Waals surface area contributed by atoms with Gasteiger partial charge in [-0.1, -0.05) is 0 Å². The van der Waals surface area contributed by atoms with Crippen LogP contribution in [0.3, 0.4) is 0 Å². The van der Waals surface area contributed by atoms with Gasteiger partial charge in [0, 0.05) is 31.5 Å². The fourth-order valence-electron chi connectivity index (χ4n) is 1.56. The summed E-state index contributed by atoms with van der Waals surface area (Å²) in [6.07, 6.45) is 1.89. The lowest BCUT2D eigenvalue weighted by Crippen LogP contribution is -2.04. The van der Waals surface area contributed by atoms with Crippen molar-refractivity contribution in [3.63, 3.8) is 0 Å². The van der Waals surface area contributed by atoms with E-state index in [4.69, 9.17) is 10.5 Å². The van der Waals surface area contributed by atoms with Gasteiger partial charge in [-0.15, -0.1) is 0 Å². The Morgan fingerprint density at radius 1 is 1.41 bits per heavy atom. The van der Waals surface area contributed by atoms with Gasteiger partial charge < -0.3 is 15.8 Å². The summed E-state index contributed by atoms with van der Waals surface area (Å²) in [5.41, 5.74) is 7.63. The minimum Gasteiger partial charge on any atom is -0.497 e. The van der Waals surface area contributed by atoms with Crippen LogP contribution < -0.4 is 15.8 Å². The fraction of sp³-hybridized carbons (Fsp3) is 0.250. The molecule has 0 saturated carbocycles. The molecular weight excluding hydrogens is 216 g/mol. The number of aryl methyl sites for hydroxylation is 1. The highest BCUT2D eigenvalue weighted by atomic mass is 16.5. The summed E-state index contributed by atoms with van der Waals surface area (Å²) < 4.78 is 6.91. The first-order valence-electron chi connectivity index (χ1n) is 5.35. The molecule has 0 radical (unpaired) electrons. The molecule has 5 heteroatoms. The van der Waals surface area contributed by atoms with Crippen LogP contribution in [0.4, 0.5) is 11.5 Å². The molecule has 0 bridgehead atoms. The molecule has 1 aromatic heterocycles. The van der Waals surface area contributed by atoms with E-state index in [0.717, 1.165) is 22.8 Å². The molecular formula is C12H16N4O. The van der Waals surface area contributed by atoms with Gasteiger partial charge in [-0.3, -0.25) is 4.68 Å². The molecule has 0 fully saturated rings. The van der Waals surface area contributed by atoms with Crippen LogP contribution >= 0.6 is 0 Å². The maximum Gasteiger partial charge on any atom is 0.148 e. The molecule has 2 aromatic rings. The maximum atomic E-state index is 5.89. The van der Waals surface area contributed by atoms with Crippen LogP contribution in [-0.4, -0.2) is 16.9 Å². The van der Waals surface area contributed by atoms with E-state index in [1.54, 1.807) is 11.8 Å². The van der Waals surface area contributed by atoms with Crippen LogP contribution in [-0.2, 0) is 13.6 Å². The van der Waals surface area contributed by atoms with Gasteiger partial charge in [0.15, 0.2) is 0 Å². The van der Waals surface area contributed by atoms with E-state index in [1.165, 1.54) is 0 Å². The second-order valence-corrected chi connectivity index (χ2v) is 3.79. The highest BCUT2D eigenvalue weighted by molar-refractivity contribution is 5.52. The second-order valence-electron chi connectivity index (χ2n) is 3.79. The van der Waals surface area contributed by atoms with Crippen molar-refractivity contribution in [1.29, 1.82) is 0 Å². The molecule has 2 rings (SSSR count). The summed E-state index contributed by atoms with van der Waals surface area (Å²) in [5, 5.41) is 7.44. The number of methoxy groups -OCH3 is 1. The summed E-state index contributed by atoms with van der Waals surface area (Å²) >= 11 is 0. The van der Waals surface area contributed by atoms with Crippen LogP contribution in [0, 0.1) is 0 Å². The maximum absolute atomic E-state index is 5.89. The van der Waals surface area contributed by atoms with Crippen LogP contribution in [0.15, 0.2) is 30.5 Å². The minimum absolute atomic E-state index is 0.625. The molecule has 0 spiro atoms. The summed E-state index contributed by atoms with van der Waals surface area (Å²) in [7, 11) is 3.52. The predicted octanol–water partition coefficient (Wildman–Crippen LogP) is 1.62. The van der Waals surface area contributed by atoms with E-state index in [2.05, 4.69) is 10.4 Å². The average Bonchev–Trinajstić information content (AvgIpc) is 2.74. The van der Waals surface area contributed by atoms with Crippen molar-refractivity contribution in [1.82, 2.24) is 9.78 Å². The van der Waals surface area contributed by atoms with Crippen molar-refractivity contribution < 1.29 is 4.74 Å². The molecule has 17 heavy (non-hydrogen) atoms. The normalized spacial score (nSPS) is 10.2. The Balaban J connectivity index is 2.07. The third-order valence-electron chi connectivity index (χ3n) is 2.52. The second kappa shape index (κ2) is 4.78. The Labute approximate surface area is 100 Å². The Hall–Kier alpha value is -2.17. The minimum atomic E-state index is 0.625. The quantitative estimate of drug-likeness (QED) is 0.786. The van der Waals surface area contributed by atoms with Crippen LogP contribution in [0.25, 0.3) is 0 Å². The first-order valence-corrected chi connectivity index (χ1v) is 5.35. The largest absolute Gasteiger partial charge is 0.497 e. The number of nitrogens with one attached hydrogen (secondary N) is 1. The van der Waals surface area contributed by atoms with Crippen LogP contribution in [0.2, 0.25) is 0 Å². The van der Waals surface area contributed by atoms with Crippen molar-refractivity contribution >= 4 is 11.5 Å². The van der Waals surface area contributed by atoms with Crippen LogP contribution in [0.1, 0.15) is 5.56 Å². The molecule has 5 nitrogen and oxygen atoms in total. The van der Waals surface area contributed by atoms with E-state index >= 15 is 0 Å². The van der Waals surface area contributed by atoms with E-state index in [-0.39, 0.29) is 0 Å². The highest BCUT2D eigenvalue weighted by Gasteiger charge is 2.02. The monoisotopic (exact) mass is 232 g/mol. The summed E-state index contributed by atoms with van der Waals surface area (Å²) in [5.74, 6) is 1.63. The lowest BCUT2D eigenvalue weighted by atomic mass is 10.1. The molecule has 1 heterocycles. The van der Waals surface area contributed by atoms with Gasteiger partial charge in [-0.25, -0.2) is 0 Å². The number of rotatable bonds is 4. The van der Waals surface area contributed by atoms with E-state index < -0.39 is 0 Å². The van der Waals surface area contributed by atoms with Crippen LogP contribution in [0.5, 0.6) is 5.75 Å². The lowest BCUT2D eigenvalue weighted by molar-refractivity contribution is 0.414. The molecule has 0 aliphatic carbocycles. The summed E-state index contributed by atoms with van der Waals surface area (Å²) in [6, 6.07) is 7.52. The van der Waals surface area contributed by atoms with Crippen molar-refractivity contribution in [2.75, 3.05) is 18.2 Å². The van der Waals surface area contributed by atoms with Gasteiger partial charge >= 0.3 is 0 Å². The summed E-state index contributed by atoms with van der Waals surface area (Å²) in [4.78, 5) is 0. The van der Waals surface area contributed by atoms with E-state index in [0.29, 0.717) is 6.54 Å². The fourth-order valence-corrected chi connectivity index (χ4v) is 1.56. The molecule has 0 amide bonds. The average molecular weight is 232 g/mol. The first-order chi connectivity index (χ1) is 8.19. The number of nitrogens with two attached hydrogens (primary N) is 1. The zero-order valence-corrected chi connectivity index (χ0v) is 9.97. The van der Waals surface area contributed by atoms with E-state index in [9.17, 15) is 0 Å². The molecule has 0 atom stereocenters. The Morgan fingerprint density at radius 2 is 2.24 bits per heavy atom. The van der Waals surface area contributed by atoms with Gasteiger partial charge in [-0.05, 0) is 23.8 Å². The lowest BCUT2D eigenvalue weighted by Gasteiger charge is -2.08. The van der Waals surface area contributed by atoms with Crippen molar-refractivity contribution in [3.8, 4) is 5.75 Å². The topological polar surface area (TPSA) is 65.1 Å². The number of ether oxygens (including phenoxy) is 1. The molecule has 3 N–H and O–H groups in total. The third kappa shape index (κ3) is 2.69. The van der Waals surface area contributed by atoms with Gasteiger partial charge in [0.05, 0.1) is 7.11 Å². The third-order valence-corrected chi connectivity index (χ3v) is 2.52. The molecule has 0 aliphatic rings. The predicted molar refractivity (Wildman–Crippen MR) is 67.9 cm³/mol. The van der Waals surface area contributed by atoms with Gasteiger partial charge in [0.1, 0.15) is 11.6 Å². The van der Waals surface area contributed by atoms with Gasteiger partial charge in [0.25, 0.3) is 0 Å².